The maximum absolute atomic E-state index is 11.9. The predicted molar refractivity (Wildman–Crippen MR) is 89.2 cm³/mol. The standard InChI is InChI=1S/C19H22O4/c1-3-7-15-10-12-16(13-11-15)22-14-19(20)23-18-9-6-5-8-17(18)21-4-2/h5-6,8-13H,3-4,7,14H2,1-2H3. The van der Waals surface area contributed by atoms with Crippen LogP contribution in [0.5, 0.6) is 17.2 Å². The number of hydrogen-bond acceptors (Lipinski definition) is 4. The molecule has 0 spiro atoms. The first-order valence-electron chi connectivity index (χ1n) is 7.87. The molecule has 4 heteroatoms. The summed E-state index contributed by atoms with van der Waals surface area (Å²) in [6, 6.07) is 14.8. The second-order valence-electron chi connectivity index (χ2n) is 5.04. The van der Waals surface area contributed by atoms with E-state index in [1.165, 1.54) is 5.56 Å². The maximum Gasteiger partial charge on any atom is 0.349 e. The fourth-order valence-electron chi connectivity index (χ4n) is 2.14. The van der Waals surface area contributed by atoms with Crippen LogP contribution in [0.2, 0.25) is 0 Å². The van der Waals surface area contributed by atoms with Gasteiger partial charge in [-0.2, -0.15) is 0 Å². The van der Waals surface area contributed by atoms with Gasteiger partial charge in [-0.25, -0.2) is 4.79 Å². The van der Waals surface area contributed by atoms with Gasteiger partial charge in [-0.1, -0.05) is 37.6 Å². The summed E-state index contributed by atoms with van der Waals surface area (Å²) in [4.78, 5) is 11.9. The van der Waals surface area contributed by atoms with E-state index < -0.39 is 5.97 Å². The smallest absolute Gasteiger partial charge is 0.349 e. The topological polar surface area (TPSA) is 44.8 Å². The number of hydrogen-bond donors (Lipinski definition) is 0. The average molecular weight is 314 g/mol. The highest BCUT2D eigenvalue weighted by Crippen LogP contribution is 2.26. The summed E-state index contributed by atoms with van der Waals surface area (Å²) in [7, 11) is 0. The summed E-state index contributed by atoms with van der Waals surface area (Å²) in [5.41, 5.74) is 1.26. The third kappa shape index (κ3) is 5.33. The summed E-state index contributed by atoms with van der Waals surface area (Å²) in [6.45, 7) is 4.38. The number of carbonyl (C=O) groups excluding carboxylic acids is 1. The second kappa shape index (κ2) is 8.83. The van der Waals surface area contributed by atoms with E-state index in [4.69, 9.17) is 14.2 Å². The Labute approximate surface area is 137 Å². The minimum Gasteiger partial charge on any atom is -0.490 e. The van der Waals surface area contributed by atoms with Gasteiger partial charge < -0.3 is 14.2 Å². The quantitative estimate of drug-likeness (QED) is 0.545. The van der Waals surface area contributed by atoms with Crippen molar-refractivity contribution in [1.82, 2.24) is 0 Å². The number of esters is 1. The molecule has 0 radical (unpaired) electrons. The summed E-state index contributed by atoms with van der Waals surface area (Å²) in [6.07, 6.45) is 2.14. The van der Waals surface area contributed by atoms with Crippen molar-refractivity contribution in [3.8, 4) is 17.2 Å². The lowest BCUT2D eigenvalue weighted by atomic mass is 10.1. The maximum atomic E-state index is 11.9. The van der Waals surface area contributed by atoms with Crippen LogP contribution in [0.25, 0.3) is 0 Å². The number of aryl methyl sites for hydroxylation is 1. The lowest BCUT2D eigenvalue weighted by Gasteiger charge is -2.11. The predicted octanol–water partition coefficient (Wildman–Crippen LogP) is 4.02. The van der Waals surface area contributed by atoms with E-state index in [9.17, 15) is 4.79 Å². The number of para-hydroxylation sites is 2. The van der Waals surface area contributed by atoms with Gasteiger partial charge in [0, 0.05) is 0 Å². The van der Waals surface area contributed by atoms with Gasteiger partial charge in [-0.15, -0.1) is 0 Å². The van der Waals surface area contributed by atoms with Crippen LogP contribution in [0.15, 0.2) is 48.5 Å². The molecular formula is C19H22O4. The van der Waals surface area contributed by atoms with Gasteiger partial charge in [0.05, 0.1) is 6.61 Å². The van der Waals surface area contributed by atoms with Crippen LogP contribution in [0.1, 0.15) is 25.8 Å². The molecule has 2 aromatic carbocycles. The summed E-state index contributed by atoms with van der Waals surface area (Å²) in [5.74, 6) is 1.14. The number of benzene rings is 2. The van der Waals surface area contributed by atoms with Gasteiger partial charge in [-0.3, -0.25) is 0 Å². The zero-order valence-corrected chi connectivity index (χ0v) is 13.6. The third-order valence-electron chi connectivity index (χ3n) is 3.19. The molecule has 122 valence electrons. The van der Waals surface area contributed by atoms with Gasteiger partial charge in [0.15, 0.2) is 18.1 Å². The van der Waals surface area contributed by atoms with Gasteiger partial charge in [0.25, 0.3) is 0 Å². The number of carbonyl (C=O) groups is 1. The van der Waals surface area contributed by atoms with E-state index >= 15 is 0 Å². The molecule has 0 aliphatic rings. The monoisotopic (exact) mass is 314 g/mol. The first-order chi connectivity index (χ1) is 11.2. The molecule has 0 saturated heterocycles. The van der Waals surface area contributed by atoms with Crippen LogP contribution < -0.4 is 14.2 Å². The fourth-order valence-corrected chi connectivity index (χ4v) is 2.14. The molecule has 0 atom stereocenters. The Kier molecular flexibility index (Phi) is 6.48. The van der Waals surface area contributed by atoms with Gasteiger partial charge in [-0.05, 0) is 43.2 Å². The molecule has 0 saturated carbocycles. The van der Waals surface area contributed by atoms with Crippen molar-refractivity contribution in [3.05, 3.63) is 54.1 Å². The number of rotatable bonds is 8. The van der Waals surface area contributed by atoms with E-state index in [2.05, 4.69) is 6.92 Å². The highest BCUT2D eigenvalue weighted by Gasteiger charge is 2.10. The summed E-state index contributed by atoms with van der Waals surface area (Å²) < 4.78 is 16.2. The van der Waals surface area contributed by atoms with E-state index in [-0.39, 0.29) is 6.61 Å². The molecule has 2 aromatic rings. The molecule has 0 bridgehead atoms. The molecule has 2 rings (SSSR count). The van der Waals surface area contributed by atoms with Gasteiger partial charge >= 0.3 is 5.97 Å². The van der Waals surface area contributed by atoms with Crippen LogP contribution >= 0.6 is 0 Å². The molecular weight excluding hydrogens is 292 g/mol. The van der Waals surface area contributed by atoms with Crippen LogP contribution in [-0.2, 0) is 11.2 Å². The Morgan fingerprint density at radius 3 is 2.26 bits per heavy atom. The minimum absolute atomic E-state index is 0.145. The largest absolute Gasteiger partial charge is 0.490 e. The zero-order valence-electron chi connectivity index (χ0n) is 13.6. The van der Waals surface area contributed by atoms with E-state index in [1.807, 2.05) is 37.3 Å². The van der Waals surface area contributed by atoms with Crippen molar-refractivity contribution in [1.29, 1.82) is 0 Å². The molecule has 0 aromatic heterocycles. The van der Waals surface area contributed by atoms with Crippen LogP contribution in [0.3, 0.4) is 0 Å². The van der Waals surface area contributed by atoms with Crippen LogP contribution in [0.4, 0.5) is 0 Å². The Hall–Kier alpha value is -2.49. The summed E-state index contributed by atoms with van der Waals surface area (Å²) in [5, 5.41) is 0. The molecule has 4 nitrogen and oxygen atoms in total. The highest BCUT2D eigenvalue weighted by atomic mass is 16.6. The molecule has 0 heterocycles. The Balaban J connectivity index is 1.87. The Bertz CT molecular complexity index is 620. The normalized spacial score (nSPS) is 10.2. The first kappa shape index (κ1) is 16.9. The van der Waals surface area contributed by atoms with E-state index in [1.54, 1.807) is 18.2 Å². The SMILES string of the molecule is CCCc1ccc(OCC(=O)Oc2ccccc2OCC)cc1. The first-order valence-corrected chi connectivity index (χ1v) is 7.87. The van der Waals surface area contributed by atoms with Gasteiger partial charge in [0.1, 0.15) is 5.75 Å². The van der Waals surface area contributed by atoms with E-state index in [0.717, 1.165) is 12.8 Å². The van der Waals surface area contributed by atoms with Crippen LogP contribution in [-0.4, -0.2) is 19.2 Å². The fraction of sp³-hybridized carbons (Fsp3) is 0.316. The molecule has 0 aliphatic heterocycles. The molecule has 23 heavy (non-hydrogen) atoms. The average Bonchev–Trinajstić information content (AvgIpc) is 2.57. The van der Waals surface area contributed by atoms with Crippen LogP contribution in [0, 0.1) is 0 Å². The van der Waals surface area contributed by atoms with Crippen molar-refractivity contribution in [2.24, 2.45) is 0 Å². The van der Waals surface area contributed by atoms with Crippen molar-refractivity contribution in [3.63, 3.8) is 0 Å². The lowest BCUT2D eigenvalue weighted by Crippen LogP contribution is -2.18. The lowest BCUT2D eigenvalue weighted by molar-refractivity contribution is -0.136. The molecule has 0 aliphatic carbocycles. The summed E-state index contributed by atoms with van der Waals surface area (Å²) >= 11 is 0. The van der Waals surface area contributed by atoms with Gasteiger partial charge in [0.2, 0.25) is 0 Å². The Morgan fingerprint density at radius 1 is 0.913 bits per heavy atom. The zero-order chi connectivity index (χ0) is 16.5. The van der Waals surface area contributed by atoms with Crippen molar-refractivity contribution in [2.75, 3.05) is 13.2 Å². The van der Waals surface area contributed by atoms with E-state index in [0.29, 0.717) is 23.9 Å². The van der Waals surface area contributed by atoms with Crippen molar-refractivity contribution >= 4 is 5.97 Å². The molecule has 0 unspecified atom stereocenters. The number of ether oxygens (including phenoxy) is 3. The van der Waals surface area contributed by atoms with Crippen molar-refractivity contribution < 1.29 is 19.0 Å². The molecule has 0 amide bonds. The molecule has 0 fully saturated rings. The van der Waals surface area contributed by atoms with Crippen molar-refractivity contribution in [2.45, 2.75) is 26.7 Å². The minimum atomic E-state index is -0.463. The second-order valence-corrected chi connectivity index (χ2v) is 5.04. The Morgan fingerprint density at radius 2 is 1.61 bits per heavy atom. The third-order valence-corrected chi connectivity index (χ3v) is 3.19. The molecule has 0 N–H and O–H groups in total. The highest BCUT2D eigenvalue weighted by molar-refractivity contribution is 5.74.